The van der Waals surface area contributed by atoms with E-state index in [2.05, 4.69) is 85.5 Å². The first kappa shape index (κ1) is 17.3. The van der Waals surface area contributed by atoms with Gasteiger partial charge in [0.15, 0.2) is 0 Å². The van der Waals surface area contributed by atoms with Gasteiger partial charge in [-0.25, -0.2) is 5.43 Å². The largest absolute Gasteiger partial charge is 0.304 e. The third-order valence-corrected chi connectivity index (χ3v) is 4.71. The number of benzene rings is 2. The summed E-state index contributed by atoms with van der Waals surface area (Å²) in [5.41, 5.74) is 11.1. The molecule has 1 aliphatic rings. The molecule has 0 bridgehead atoms. The monoisotopic (exact) mass is 330 g/mol. The molecule has 0 saturated carbocycles. The maximum absolute atomic E-state index is 3.47. The number of hydrazine groups is 1. The Morgan fingerprint density at radius 2 is 1.88 bits per heavy atom. The Hall–Kier alpha value is -2.50. The molecule has 1 fully saturated rings. The molecule has 1 heterocycles. The second-order valence-electron chi connectivity index (χ2n) is 6.56. The van der Waals surface area contributed by atoms with E-state index >= 15 is 0 Å². The highest BCUT2D eigenvalue weighted by atomic mass is 15.5. The molecular weight excluding hydrogens is 304 g/mol. The van der Waals surface area contributed by atoms with Crippen molar-refractivity contribution in [2.45, 2.75) is 33.6 Å². The van der Waals surface area contributed by atoms with Gasteiger partial charge in [-0.05, 0) is 60.7 Å². The average Bonchev–Trinajstić information content (AvgIpc) is 3.10. The molecule has 128 valence electrons. The first-order valence-corrected chi connectivity index (χ1v) is 9.03. The van der Waals surface area contributed by atoms with Gasteiger partial charge in [-0.3, -0.25) is 0 Å². The molecule has 25 heavy (non-hydrogen) atoms. The van der Waals surface area contributed by atoms with Gasteiger partial charge in [0.2, 0.25) is 0 Å². The van der Waals surface area contributed by atoms with Crippen molar-refractivity contribution < 1.29 is 0 Å². The Labute approximate surface area is 151 Å². The highest BCUT2D eigenvalue weighted by molar-refractivity contribution is 5.63. The molecule has 1 N–H and O–H groups in total. The molecule has 1 aliphatic heterocycles. The van der Waals surface area contributed by atoms with Gasteiger partial charge < -0.3 is 5.01 Å². The normalized spacial score (nSPS) is 15.3. The number of anilines is 1. The Bertz CT molecular complexity index is 822. The van der Waals surface area contributed by atoms with Crippen molar-refractivity contribution in [3.8, 4) is 11.8 Å². The van der Waals surface area contributed by atoms with E-state index in [1.807, 2.05) is 6.07 Å². The first-order chi connectivity index (χ1) is 12.2. The van der Waals surface area contributed by atoms with Gasteiger partial charge >= 0.3 is 0 Å². The van der Waals surface area contributed by atoms with Gasteiger partial charge in [0.25, 0.3) is 0 Å². The lowest BCUT2D eigenvalue weighted by molar-refractivity contribution is 0.790. The van der Waals surface area contributed by atoms with Crippen LogP contribution in [0.5, 0.6) is 0 Å². The van der Waals surface area contributed by atoms with Crippen LogP contribution in [-0.2, 0) is 0 Å². The third kappa shape index (κ3) is 4.13. The summed E-state index contributed by atoms with van der Waals surface area (Å²) in [5, 5.41) is 2.21. The van der Waals surface area contributed by atoms with Crippen LogP contribution in [0.4, 0.5) is 5.69 Å². The summed E-state index contributed by atoms with van der Waals surface area (Å²) in [4.78, 5) is 0. The fourth-order valence-electron chi connectivity index (χ4n) is 3.04. The van der Waals surface area contributed by atoms with E-state index < -0.39 is 0 Å². The molecule has 0 spiro atoms. The van der Waals surface area contributed by atoms with Crippen LogP contribution < -0.4 is 10.4 Å². The molecule has 0 unspecified atom stereocenters. The lowest BCUT2D eigenvalue weighted by Crippen LogP contribution is -2.30. The van der Waals surface area contributed by atoms with Crippen LogP contribution in [0.1, 0.15) is 42.0 Å². The zero-order chi connectivity index (χ0) is 17.6. The second-order valence-corrected chi connectivity index (χ2v) is 6.56. The van der Waals surface area contributed by atoms with Crippen molar-refractivity contribution in [1.29, 1.82) is 0 Å². The van der Waals surface area contributed by atoms with Crippen molar-refractivity contribution >= 4 is 11.8 Å². The van der Waals surface area contributed by atoms with E-state index in [0.717, 1.165) is 31.5 Å². The van der Waals surface area contributed by atoms with Crippen molar-refractivity contribution in [1.82, 2.24) is 5.43 Å². The number of hydrogen-bond acceptors (Lipinski definition) is 2. The van der Waals surface area contributed by atoms with Crippen molar-refractivity contribution in [2.75, 3.05) is 18.1 Å². The Morgan fingerprint density at radius 3 is 2.64 bits per heavy atom. The molecule has 2 aromatic carbocycles. The quantitative estimate of drug-likeness (QED) is 0.808. The first-order valence-electron chi connectivity index (χ1n) is 9.03. The van der Waals surface area contributed by atoms with Gasteiger partial charge in [-0.15, -0.1) is 0 Å². The molecule has 2 heteroatoms. The molecule has 0 atom stereocenters. The number of unbranched alkanes of at least 4 members (excludes halogenated alkanes) is 1. The molecular formula is C23H26N2. The fourth-order valence-corrected chi connectivity index (χ4v) is 3.04. The Kier molecular flexibility index (Phi) is 5.58. The van der Waals surface area contributed by atoms with Crippen LogP contribution in [0.15, 0.2) is 48.0 Å². The Balaban J connectivity index is 1.78. The van der Waals surface area contributed by atoms with Crippen LogP contribution >= 0.6 is 0 Å². The molecule has 2 nitrogen and oxygen atoms in total. The van der Waals surface area contributed by atoms with Crippen LogP contribution in [0.25, 0.3) is 6.08 Å². The summed E-state index contributed by atoms with van der Waals surface area (Å²) in [5.74, 6) is 6.57. The van der Waals surface area contributed by atoms with Crippen LogP contribution in [-0.4, -0.2) is 13.1 Å². The topological polar surface area (TPSA) is 15.3 Å². The zero-order valence-electron chi connectivity index (χ0n) is 15.4. The van der Waals surface area contributed by atoms with E-state index in [9.17, 15) is 0 Å². The van der Waals surface area contributed by atoms with Crippen LogP contribution in [0.2, 0.25) is 0 Å². The average molecular weight is 330 g/mol. The number of rotatable bonds is 3. The summed E-state index contributed by atoms with van der Waals surface area (Å²) < 4.78 is 0. The summed E-state index contributed by atoms with van der Waals surface area (Å²) in [6.45, 7) is 8.35. The lowest BCUT2D eigenvalue weighted by atomic mass is 9.96. The highest BCUT2D eigenvalue weighted by Crippen LogP contribution is 2.22. The van der Waals surface area contributed by atoms with Gasteiger partial charge in [-0.2, -0.15) is 0 Å². The minimum atomic E-state index is 0.894. The Morgan fingerprint density at radius 1 is 1.08 bits per heavy atom. The third-order valence-electron chi connectivity index (χ3n) is 4.71. The second kappa shape index (κ2) is 8.05. The van der Waals surface area contributed by atoms with Gasteiger partial charge in [0, 0.05) is 18.5 Å². The standard InChI is InChI=1S/C23H26N2/c1-4-5-7-10-21-13-14-22(19(3)18(21)2)15-20-16-24-25(17-20)23-11-8-6-9-12-23/h6,8-9,11-15,24H,4-5,16-17H2,1-3H3. The number of nitrogens with one attached hydrogen (secondary N) is 1. The zero-order valence-corrected chi connectivity index (χ0v) is 15.4. The van der Waals surface area contributed by atoms with Crippen molar-refractivity contribution in [3.05, 3.63) is 70.3 Å². The van der Waals surface area contributed by atoms with Gasteiger partial charge in [-0.1, -0.05) is 49.1 Å². The number of nitrogens with zero attached hydrogens (tertiary/aromatic N) is 1. The lowest BCUT2D eigenvalue weighted by Gasteiger charge is -2.16. The predicted octanol–water partition coefficient (Wildman–Crippen LogP) is 4.86. The summed E-state index contributed by atoms with van der Waals surface area (Å²) in [6, 6.07) is 14.8. The van der Waals surface area contributed by atoms with E-state index in [1.54, 1.807) is 0 Å². The van der Waals surface area contributed by atoms with Crippen LogP contribution in [0, 0.1) is 25.7 Å². The van der Waals surface area contributed by atoms with Crippen molar-refractivity contribution in [2.24, 2.45) is 0 Å². The molecule has 0 aliphatic carbocycles. The molecule has 1 saturated heterocycles. The number of para-hydroxylation sites is 1. The fraction of sp³-hybridized carbons (Fsp3) is 0.304. The molecule has 0 aromatic heterocycles. The van der Waals surface area contributed by atoms with E-state index in [4.69, 9.17) is 0 Å². The van der Waals surface area contributed by atoms with Gasteiger partial charge in [0.1, 0.15) is 0 Å². The molecule has 0 amide bonds. The van der Waals surface area contributed by atoms with E-state index in [1.165, 1.54) is 28.0 Å². The molecule has 3 rings (SSSR count). The highest BCUT2D eigenvalue weighted by Gasteiger charge is 2.16. The molecule has 0 radical (unpaired) electrons. The SMILES string of the molecule is CCCC#Cc1ccc(C=C2CNN(c3ccccc3)C2)c(C)c1C. The smallest absolute Gasteiger partial charge is 0.0571 e. The van der Waals surface area contributed by atoms with Gasteiger partial charge in [0.05, 0.1) is 12.2 Å². The summed E-state index contributed by atoms with van der Waals surface area (Å²) in [7, 11) is 0. The van der Waals surface area contributed by atoms with Crippen molar-refractivity contribution in [3.63, 3.8) is 0 Å². The molecule has 2 aromatic rings. The minimum absolute atomic E-state index is 0.894. The summed E-state index contributed by atoms with van der Waals surface area (Å²) in [6.07, 6.45) is 4.40. The predicted molar refractivity (Wildman–Crippen MR) is 107 cm³/mol. The maximum atomic E-state index is 3.47. The van der Waals surface area contributed by atoms with E-state index in [0.29, 0.717) is 0 Å². The van der Waals surface area contributed by atoms with Crippen LogP contribution in [0.3, 0.4) is 0 Å². The summed E-state index contributed by atoms with van der Waals surface area (Å²) >= 11 is 0. The minimum Gasteiger partial charge on any atom is -0.304 e. The maximum Gasteiger partial charge on any atom is 0.0571 e. The van der Waals surface area contributed by atoms with E-state index in [-0.39, 0.29) is 0 Å². The number of hydrogen-bond donors (Lipinski definition) is 1.